The molecule has 8 nitrogen and oxygen atoms in total. The van der Waals surface area contributed by atoms with Crippen LogP contribution < -0.4 is 15.4 Å². The van der Waals surface area contributed by atoms with Gasteiger partial charge in [0.15, 0.2) is 5.82 Å². The topological polar surface area (TPSA) is 86.1 Å². The molecule has 0 radical (unpaired) electrons. The van der Waals surface area contributed by atoms with E-state index in [4.69, 9.17) is 21.1 Å². The highest BCUT2D eigenvalue weighted by atomic mass is 35.5. The van der Waals surface area contributed by atoms with Crippen molar-refractivity contribution >= 4 is 29.1 Å². The Bertz CT molecular complexity index is 878. The van der Waals surface area contributed by atoms with Crippen LogP contribution in [0.3, 0.4) is 0 Å². The van der Waals surface area contributed by atoms with Crippen molar-refractivity contribution in [2.24, 2.45) is 0 Å². The largest absolute Gasteiger partial charge is 0.475 e. The summed E-state index contributed by atoms with van der Waals surface area (Å²) in [6.45, 7) is 3.93. The molecule has 4 rings (SSSR count). The molecule has 152 valence electrons. The molecule has 11 heteroatoms. The molecule has 0 spiro atoms. The molecule has 1 fully saturated rings. The highest BCUT2D eigenvalue weighted by molar-refractivity contribution is 6.32. The Morgan fingerprint density at radius 1 is 1.36 bits per heavy atom. The molecule has 2 aliphatic heterocycles. The predicted molar refractivity (Wildman–Crippen MR) is 99.9 cm³/mol. The van der Waals surface area contributed by atoms with Crippen LogP contribution in [0.2, 0.25) is 5.02 Å². The third kappa shape index (κ3) is 3.58. The maximum Gasteiger partial charge on any atom is 0.274 e. The number of fused-ring (bicyclic) bond motifs is 3. The quantitative estimate of drug-likeness (QED) is 0.737. The van der Waals surface area contributed by atoms with E-state index >= 15 is 0 Å². The Morgan fingerprint density at radius 2 is 2.18 bits per heavy atom. The molecule has 28 heavy (non-hydrogen) atoms. The molecular formula is C17H21ClF2N6O2. The molecule has 1 saturated heterocycles. The van der Waals surface area contributed by atoms with Crippen LogP contribution in [0.5, 0.6) is 5.88 Å². The van der Waals surface area contributed by atoms with E-state index < -0.39 is 12.0 Å². The number of hydrogen-bond acceptors (Lipinski definition) is 7. The van der Waals surface area contributed by atoms with Crippen molar-refractivity contribution in [3.05, 3.63) is 16.9 Å². The molecule has 4 heterocycles. The summed E-state index contributed by atoms with van der Waals surface area (Å²) in [6, 6.07) is -1.17. The lowest BCUT2D eigenvalue weighted by molar-refractivity contribution is -0.137. The minimum atomic E-state index is -2.92. The normalized spacial score (nSPS) is 24.2. The Kier molecular flexibility index (Phi) is 5.00. The summed E-state index contributed by atoms with van der Waals surface area (Å²) in [5.74, 6) is -1.93. The van der Waals surface area contributed by atoms with Crippen LogP contribution >= 0.6 is 11.6 Å². The Labute approximate surface area is 165 Å². The number of halogens is 3. The maximum atomic E-state index is 14.5. The van der Waals surface area contributed by atoms with E-state index in [1.165, 1.54) is 10.9 Å². The molecule has 1 unspecified atom stereocenters. The zero-order valence-electron chi connectivity index (χ0n) is 15.5. The lowest BCUT2D eigenvalue weighted by atomic mass is 10.1. The van der Waals surface area contributed by atoms with Gasteiger partial charge in [-0.05, 0) is 13.8 Å². The van der Waals surface area contributed by atoms with Crippen LogP contribution in [0.15, 0.2) is 6.20 Å². The first-order valence-electron chi connectivity index (χ1n) is 9.08. The molecular weight excluding hydrogens is 394 g/mol. The van der Waals surface area contributed by atoms with Gasteiger partial charge in [-0.1, -0.05) is 11.6 Å². The van der Waals surface area contributed by atoms with Gasteiger partial charge in [0.25, 0.3) is 11.8 Å². The van der Waals surface area contributed by atoms with Gasteiger partial charge >= 0.3 is 0 Å². The number of aromatic nitrogens is 4. The Balaban J connectivity index is 1.75. The van der Waals surface area contributed by atoms with Gasteiger partial charge in [-0.25, -0.2) is 13.8 Å². The zero-order valence-corrected chi connectivity index (χ0v) is 16.3. The lowest BCUT2D eigenvalue weighted by Crippen LogP contribution is -2.40. The number of anilines is 3. The molecule has 2 bridgehead atoms. The first-order valence-corrected chi connectivity index (χ1v) is 9.46. The molecule has 0 aromatic carbocycles. The fourth-order valence-corrected chi connectivity index (χ4v) is 3.41. The van der Waals surface area contributed by atoms with Crippen molar-refractivity contribution < 1.29 is 18.3 Å². The van der Waals surface area contributed by atoms with E-state index in [1.54, 1.807) is 6.92 Å². The van der Waals surface area contributed by atoms with Crippen LogP contribution in [-0.2, 0) is 4.74 Å². The third-order valence-electron chi connectivity index (χ3n) is 4.91. The molecule has 0 aliphatic carbocycles. The minimum Gasteiger partial charge on any atom is -0.475 e. The van der Waals surface area contributed by atoms with Crippen LogP contribution in [-0.4, -0.2) is 51.5 Å². The third-order valence-corrected chi connectivity index (χ3v) is 5.19. The Morgan fingerprint density at radius 3 is 2.96 bits per heavy atom. The SMILES string of the molecule is Cc1c2c(nn1C1COCCC1(F)F)OCC[C@@H](C)Nc1nc(ncc1Cl)N2. The number of alkyl halides is 2. The van der Waals surface area contributed by atoms with E-state index in [2.05, 4.69) is 25.7 Å². The molecule has 2 N–H and O–H groups in total. The summed E-state index contributed by atoms with van der Waals surface area (Å²) >= 11 is 6.16. The van der Waals surface area contributed by atoms with Gasteiger partial charge in [0.05, 0.1) is 31.7 Å². The average molecular weight is 415 g/mol. The number of rotatable bonds is 1. The maximum absolute atomic E-state index is 14.5. The Hall–Kier alpha value is -2.20. The van der Waals surface area contributed by atoms with E-state index in [0.717, 1.165) is 0 Å². The smallest absolute Gasteiger partial charge is 0.274 e. The van der Waals surface area contributed by atoms with Gasteiger partial charge in [-0.3, -0.25) is 4.68 Å². The summed E-state index contributed by atoms with van der Waals surface area (Å²) in [6.07, 6.45) is 1.78. The number of ether oxygens (including phenoxy) is 2. The van der Waals surface area contributed by atoms with Crippen LogP contribution in [0.1, 0.15) is 31.5 Å². The summed E-state index contributed by atoms with van der Waals surface area (Å²) in [7, 11) is 0. The summed E-state index contributed by atoms with van der Waals surface area (Å²) in [4.78, 5) is 8.55. The highest BCUT2D eigenvalue weighted by Gasteiger charge is 2.45. The van der Waals surface area contributed by atoms with Gasteiger partial charge in [-0.15, -0.1) is 5.10 Å². The fraction of sp³-hybridized carbons (Fsp3) is 0.588. The molecule has 2 aliphatic rings. The lowest BCUT2D eigenvalue weighted by Gasteiger charge is -2.31. The predicted octanol–water partition coefficient (Wildman–Crippen LogP) is 3.56. The number of nitrogens with zero attached hydrogens (tertiary/aromatic N) is 4. The van der Waals surface area contributed by atoms with Gasteiger partial charge in [0, 0.05) is 18.9 Å². The second-order valence-electron chi connectivity index (χ2n) is 7.01. The van der Waals surface area contributed by atoms with Crippen molar-refractivity contribution in [2.45, 2.75) is 44.7 Å². The van der Waals surface area contributed by atoms with Crippen LogP contribution in [0.4, 0.5) is 26.2 Å². The summed E-state index contributed by atoms with van der Waals surface area (Å²) in [5, 5.41) is 11.0. The molecule has 2 aromatic heterocycles. The van der Waals surface area contributed by atoms with E-state index in [1.807, 2.05) is 6.92 Å². The van der Waals surface area contributed by atoms with Gasteiger partial charge in [-0.2, -0.15) is 4.98 Å². The molecule has 2 atom stereocenters. The average Bonchev–Trinajstić information content (AvgIpc) is 2.92. The van der Waals surface area contributed by atoms with E-state index in [-0.39, 0.29) is 37.5 Å². The van der Waals surface area contributed by atoms with Crippen molar-refractivity contribution in [3.63, 3.8) is 0 Å². The second-order valence-corrected chi connectivity index (χ2v) is 7.42. The zero-order chi connectivity index (χ0) is 19.9. The standard InChI is InChI=1S/C17H21ClF2N6O2/c1-9-3-5-28-15-13(23-16-21-7-11(18)14(22-9)24-16)10(2)26(25-15)12-8-27-6-4-17(12,19)20/h7,9,12H,3-6,8H2,1-2H3,(H2,21,22,23,24)/t9-,12?/m1/s1. The van der Waals surface area contributed by atoms with Crippen molar-refractivity contribution in [1.29, 1.82) is 0 Å². The van der Waals surface area contributed by atoms with Crippen molar-refractivity contribution in [2.75, 3.05) is 30.5 Å². The van der Waals surface area contributed by atoms with Gasteiger partial charge in [0.2, 0.25) is 5.95 Å². The molecule has 0 saturated carbocycles. The monoisotopic (exact) mass is 414 g/mol. The molecule has 0 amide bonds. The summed E-state index contributed by atoms with van der Waals surface area (Å²) in [5.41, 5.74) is 0.940. The van der Waals surface area contributed by atoms with Crippen LogP contribution in [0.25, 0.3) is 0 Å². The van der Waals surface area contributed by atoms with Crippen molar-refractivity contribution in [1.82, 2.24) is 19.7 Å². The summed E-state index contributed by atoms with van der Waals surface area (Å²) < 4.78 is 41.3. The van der Waals surface area contributed by atoms with Gasteiger partial charge in [0.1, 0.15) is 16.8 Å². The number of nitrogens with one attached hydrogen (secondary N) is 2. The second kappa shape index (κ2) is 7.32. The molecule has 2 aromatic rings. The highest BCUT2D eigenvalue weighted by Crippen LogP contribution is 2.40. The van der Waals surface area contributed by atoms with E-state index in [9.17, 15) is 8.78 Å². The fourth-order valence-electron chi connectivity index (χ4n) is 3.26. The minimum absolute atomic E-state index is 0.0288. The van der Waals surface area contributed by atoms with Gasteiger partial charge < -0.3 is 20.1 Å². The number of hydrogen-bond donors (Lipinski definition) is 2. The first kappa shape index (κ1) is 19.1. The first-order chi connectivity index (χ1) is 13.3. The van der Waals surface area contributed by atoms with Crippen LogP contribution in [0, 0.1) is 6.92 Å². The van der Waals surface area contributed by atoms with E-state index in [0.29, 0.717) is 35.2 Å². The van der Waals surface area contributed by atoms with Crippen molar-refractivity contribution in [3.8, 4) is 5.88 Å².